The summed E-state index contributed by atoms with van der Waals surface area (Å²) in [4.78, 5) is 11.6. The van der Waals surface area contributed by atoms with Gasteiger partial charge in [-0.15, -0.1) is 0 Å². The molecule has 5 nitrogen and oxygen atoms in total. The van der Waals surface area contributed by atoms with E-state index in [-0.39, 0.29) is 0 Å². The van der Waals surface area contributed by atoms with E-state index in [4.69, 9.17) is 0 Å². The molecule has 1 aromatic carbocycles. The zero-order valence-corrected chi connectivity index (χ0v) is 16.9. The average Bonchev–Trinajstić information content (AvgIpc) is 3.24. The van der Waals surface area contributed by atoms with Crippen LogP contribution in [-0.2, 0) is 0 Å². The van der Waals surface area contributed by atoms with Gasteiger partial charge >= 0.3 is 0 Å². The molecule has 0 bridgehead atoms. The number of nitrogens with one attached hydrogen (secondary N) is 2. The Morgan fingerprint density at radius 2 is 1.82 bits per heavy atom. The van der Waals surface area contributed by atoms with Crippen LogP contribution >= 0.6 is 0 Å². The maximum Gasteiger partial charge on any atom is 0.229 e. The van der Waals surface area contributed by atoms with Crippen molar-refractivity contribution in [3.63, 3.8) is 0 Å². The molecule has 4 rings (SSSR count). The SMILES string of the molecule is Cc1cc(NCCC2=CCCCC2)nc(Nc2ccc(N3CCCC3)cc2)n1. The van der Waals surface area contributed by atoms with Gasteiger partial charge in [0, 0.05) is 42.8 Å². The van der Waals surface area contributed by atoms with Crippen LogP contribution in [0.5, 0.6) is 0 Å². The average molecular weight is 378 g/mol. The minimum absolute atomic E-state index is 0.647. The van der Waals surface area contributed by atoms with Gasteiger partial charge in [-0.2, -0.15) is 4.98 Å². The minimum atomic E-state index is 0.647. The van der Waals surface area contributed by atoms with Gasteiger partial charge in [0.2, 0.25) is 5.95 Å². The molecule has 0 atom stereocenters. The number of aromatic nitrogens is 2. The largest absolute Gasteiger partial charge is 0.372 e. The molecule has 1 aliphatic carbocycles. The van der Waals surface area contributed by atoms with Gasteiger partial charge in [0.25, 0.3) is 0 Å². The molecule has 2 aliphatic rings. The van der Waals surface area contributed by atoms with Crippen molar-refractivity contribution in [2.75, 3.05) is 35.2 Å². The highest BCUT2D eigenvalue weighted by Crippen LogP contribution is 2.24. The first kappa shape index (κ1) is 18.8. The second kappa shape index (κ2) is 9.09. The number of allylic oxidation sites excluding steroid dienone is 1. The second-order valence-corrected chi connectivity index (χ2v) is 7.87. The van der Waals surface area contributed by atoms with Crippen molar-refractivity contribution in [2.45, 2.75) is 51.9 Å². The fourth-order valence-electron chi connectivity index (χ4n) is 4.06. The number of rotatable bonds is 7. The molecular formula is C23H31N5. The van der Waals surface area contributed by atoms with E-state index in [1.165, 1.54) is 57.3 Å². The van der Waals surface area contributed by atoms with Gasteiger partial charge < -0.3 is 15.5 Å². The molecule has 28 heavy (non-hydrogen) atoms. The standard InChI is InChI=1S/C23H31N5/c1-18-17-22(24-14-13-19-7-3-2-4-8-19)27-23(25-18)26-20-9-11-21(12-10-20)28-15-5-6-16-28/h7,9-12,17H,2-6,8,13-16H2,1H3,(H2,24,25,26,27). The van der Waals surface area contributed by atoms with Crippen LogP contribution in [0.3, 0.4) is 0 Å². The van der Waals surface area contributed by atoms with Crippen LogP contribution in [-0.4, -0.2) is 29.6 Å². The van der Waals surface area contributed by atoms with Crippen LogP contribution < -0.4 is 15.5 Å². The highest BCUT2D eigenvalue weighted by molar-refractivity contribution is 5.60. The molecule has 1 fully saturated rings. The lowest BCUT2D eigenvalue weighted by Gasteiger charge is -2.18. The monoisotopic (exact) mass is 377 g/mol. The molecule has 0 unspecified atom stereocenters. The van der Waals surface area contributed by atoms with Crippen molar-refractivity contribution in [3.05, 3.63) is 47.7 Å². The Bertz CT molecular complexity index is 806. The molecular weight excluding hydrogens is 346 g/mol. The number of hydrogen-bond acceptors (Lipinski definition) is 5. The van der Waals surface area contributed by atoms with E-state index >= 15 is 0 Å². The van der Waals surface area contributed by atoms with Crippen molar-refractivity contribution in [3.8, 4) is 0 Å². The summed E-state index contributed by atoms with van der Waals surface area (Å²) in [7, 11) is 0. The van der Waals surface area contributed by atoms with Crippen molar-refractivity contribution < 1.29 is 0 Å². The Morgan fingerprint density at radius 3 is 2.57 bits per heavy atom. The third-order valence-electron chi connectivity index (χ3n) is 5.59. The lowest BCUT2D eigenvalue weighted by atomic mass is 9.97. The molecule has 2 N–H and O–H groups in total. The normalized spacial score (nSPS) is 16.8. The number of hydrogen-bond donors (Lipinski definition) is 2. The molecule has 1 saturated heterocycles. The Kier molecular flexibility index (Phi) is 6.10. The Hall–Kier alpha value is -2.56. The highest BCUT2D eigenvalue weighted by atomic mass is 15.2. The first-order valence-corrected chi connectivity index (χ1v) is 10.7. The summed E-state index contributed by atoms with van der Waals surface area (Å²) in [6.07, 6.45) is 11.3. The van der Waals surface area contributed by atoms with Crippen LogP contribution in [0.25, 0.3) is 0 Å². The predicted octanol–water partition coefficient (Wildman–Crippen LogP) is 5.43. The number of anilines is 4. The summed E-state index contributed by atoms with van der Waals surface area (Å²) in [6.45, 7) is 5.27. The molecule has 148 valence electrons. The van der Waals surface area contributed by atoms with Crippen LogP contribution in [0.1, 0.15) is 50.6 Å². The molecule has 0 saturated carbocycles. The van der Waals surface area contributed by atoms with Gasteiger partial charge in [-0.05, 0) is 76.1 Å². The quantitative estimate of drug-likeness (QED) is 0.630. The van der Waals surface area contributed by atoms with Crippen molar-refractivity contribution in [1.82, 2.24) is 9.97 Å². The summed E-state index contributed by atoms with van der Waals surface area (Å²) in [5.74, 6) is 1.54. The summed E-state index contributed by atoms with van der Waals surface area (Å²) in [5, 5.41) is 6.82. The lowest BCUT2D eigenvalue weighted by molar-refractivity contribution is 0.679. The molecule has 0 spiro atoms. The predicted molar refractivity (Wildman–Crippen MR) is 118 cm³/mol. The zero-order chi connectivity index (χ0) is 19.2. The van der Waals surface area contributed by atoms with Gasteiger partial charge in [0.15, 0.2) is 0 Å². The Morgan fingerprint density at radius 1 is 1.00 bits per heavy atom. The first-order valence-electron chi connectivity index (χ1n) is 10.7. The van der Waals surface area contributed by atoms with E-state index in [2.05, 4.69) is 55.8 Å². The van der Waals surface area contributed by atoms with Crippen LogP contribution in [0.2, 0.25) is 0 Å². The van der Waals surface area contributed by atoms with E-state index < -0.39 is 0 Å². The molecule has 1 aliphatic heterocycles. The molecule has 0 amide bonds. The molecule has 1 aromatic heterocycles. The number of benzene rings is 1. The summed E-state index contributed by atoms with van der Waals surface area (Å²) in [5.41, 5.74) is 4.87. The van der Waals surface area contributed by atoms with Gasteiger partial charge in [0.05, 0.1) is 0 Å². The van der Waals surface area contributed by atoms with E-state index in [1.807, 2.05) is 13.0 Å². The van der Waals surface area contributed by atoms with E-state index in [0.29, 0.717) is 5.95 Å². The smallest absolute Gasteiger partial charge is 0.229 e. The molecule has 2 heterocycles. The van der Waals surface area contributed by atoms with Crippen LogP contribution in [0.4, 0.5) is 23.1 Å². The fourth-order valence-corrected chi connectivity index (χ4v) is 4.06. The van der Waals surface area contributed by atoms with Gasteiger partial charge in [-0.3, -0.25) is 0 Å². The van der Waals surface area contributed by atoms with E-state index in [9.17, 15) is 0 Å². The van der Waals surface area contributed by atoms with E-state index in [1.54, 1.807) is 5.57 Å². The minimum Gasteiger partial charge on any atom is -0.372 e. The highest BCUT2D eigenvalue weighted by Gasteiger charge is 2.12. The third-order valence-corrected chi connectivity index (χ3v) is 5.59. The Balaban J connectivity index is 1.35. The number of aryl methyl sites for hydroxylation is 1. The molecule has 2 aromatic rings. The van der Waals surface area contributed by atoms with Gasteiger partial charge in [-0.1, -0.05) is 11.6 Å². The van der Waals surface area contributed by atoms with Crippen molar-refractivity contribution in [2.24, 2.45) is 0 Å². The Labute approximate surface area is 168 Å². The summed E-state index contributed by atoms with van der Waals surface area (Å²) >= 11 is 0. The summed E-state index contributed by atoms with van der Waals surface area (Å²) < 4.78 is 0. The van der Waals surface area contributed by atoms with Crippen LogP contribution in [0.15, 0.2) is 42.0 Å². The maximum atomic E-state index is 4.65. The maximum absolute atomic E-state index is 4.65. The van der Waals surface area contributed by atoms with Crippen molar-refractivity contribution in [1.29, 1.82) is 0 Å². The first-order chi connectivity index (χ1) is 13.8. The second-order valence-electron chi connectivity index (χ2n) is 7.87. The fraction of sp³-hybridized carbons (Fsp3) is 0.478. The molecule has 5 heteroatoms. The zero-order valence-electron chi connectivity index (χ0n) is 16.9. The van der Waals surface area contributed by atoms with Gasteiger partial charge in [0.1, 0.15) is 5.82 Å². The third kappa shape index (κ3) is 5.03. The number of nitrogens with zero attached hydrogens (tertiary/aromatic N) is 3. The topological polar surface area (TPSA) is 53.1 Å². The van der Waals surface area contributed by atoms with E-state index in [0.717, 1.165) is 30.2 Å². The van der Waals surface area contributed by atoms with Crippen LogP contribution in [0, 0.1) is 6.92 Å². The molecule has 0 radical (unpaired) electrons. The van der Waals surface area contributed by atoms with Crippen molar-refractivity contribution >= 4 is 23.1 Å². The lowest BCUT2D eigenvalue weighted by Crippen LogP contribution is -2.17. The van der Waals surface area contributed by atoms with Gasteiger partial charge in [-0.25, -0.2) is 4.98 Å². The summed E-state index contributed by atoms with van der Waals surface area (Å²) in [6, 6.07) is 10.6.